The Balaban J connectivity index is 2.21. The van der Waals surface area contributed by atoms with Crippen LogP contribution in [0.2, 0.25) is 0 Å². The van der Waals surface area contributed by atoms with Gasteiger partial charge in [-0.2, -0.15) is 0 Å². The van der Waals surface area contributed by atoms with Gasteiger partial charge in [0, 0.05) is 24.0 Å². The van der Waals surface area contributed by atoms with Gasteiger partial charge in [0.1, 0.15) is 0 Å². The Bertz CT molecular complexity index is 436. The first-order chi connectivity index (χ1) is 8.99. The lowest BCUT2D eigenvalue weighted by Gasteiger charge is -2.09. The Labute approximate surface area is 118 Å². The number of hydrogen-bond acceptors (Lipinski definition) is 3. The van der Waals surface area contributed by atoms with E-state index >= 15 is 0 Å². The number of carboxylic acid groups (broad SMARTS) is 1. The minimum absolute atomic E-state index is 0.0267. The standard InChI is InChI=1S/C12H15BrN2O4/c13-9-3-1-8(2-4-9)7-15-12(19)14-6-5-10(16)11(17)18/h1-4,10,16H,5-7H2,(H,17,18)(H2,14,15,19)/t10-/m0/s1. The fourth-order valence-electron chi connectivity index (χ4n) is 1.29. The molecule has 0 radical (unpaired) electrons. The van der Waals surface area contributed by atoms with Gasteiger partial charge in [-0.1, -0.05) is 28.1 Å². The molecule has 19 heavy (non-hydrogen) atoms. The number of benzene rings is 1. The summed E-state index contributed by atoms with van der Waals surface area (Å²) in [6.07, 6.45) is -1.48. The number of urea groups is 1. The van der Waals surface area contributed by atoms with Crippen LogP contribution < -0.4 is 10.6 Å². The highest BCUT2D eigenvalue weighted by atomic mass is 79.9. The van der Waals surface area contributed by atoms with Crippen molar-refractivity contribution in [3.05, 3.63) is 34.3 Å². The van der Waals surface area contributed by atoms with Crippen LogP contribution in [0.15, 0.2) is 28.7 Å². The van der Waals surface area contributed by atoms with Gasteiger partial charge in [-0.15, -0.1) is 0 Å². The van der Waals surface area contributed by atoms with Gasteiger partial charge in [0.15, 0.2) is 6.10 Å². The van der Waals surface area contributed by atoms with Crippen molar-refractivity contribution >= 4 is 27.9 Å². The molecule has 0 aliphatic rings. The van der Waals surface area contributed by atoms with Crippen molar-refractivity contribution in [2.75, 3.05) is 6.54 Å². The molecule has 1 aromatic rings. The topological polar surface area (TPSA) is 98.7 Å². The van der Waals surface area contributed by atoms with E-state index in [2.05, 4.69) is 26.6 Å². The van der Waals surface area contributed by atoms with Crippen LogP contribution in [0, 0.1) is 0 Å². The summed E-state index contributed by atoms with van der Waals surface area (Å²) in [6, 6.07) is 7.09. The van der Waals surface area contributed by atoms with Crippen LogP contribution in [0.4, 0.5) is 4.79 Å². The molecule has 0 fully saturated rings. The first-order valence-corrected chi connectivity index (χ1v) is 6.45. The third-order valence-corrected chi connectivity index (χ3v) is 2.88. The minimum Gasteiger partial charge on any atom is -0.479 e. The number of carbonyl (C=O) groups is 2. The van der Waals surface area contributed by atoms with Crippen molar-refractivity contribution < 1.29 is 19.8 Å². The van der Waals surface area contributed by atoms with Crippen molar-refractivity contribution in [3.63, 3.8) is 0 Å². The predicted octanol–water partition coefficient (Wildman–Crippen LogP) is 1.08. The van der Waals surface area contributed by atoms with Crippen LogP contribution in [-0.2, 0) is 11.3 Å². The molecule has 0 spiro atoms. The van der Waals surface area contributed by atoms with E-state index in [1.54, 1.807) is 0 Å². The second-order valence-electron chi connectivity index (χ2n) is 3.88. The summed E-state index contributed by atoms with van der Waals surface area (Å²) in [5.74, 6) is -1.29. The lowest BCUT2D eigenvalue weighted by molar-refractivity contribution is -0.146. The average Bonchev–Trinajstić information content (AvgIpc) is 2.37. The maximum absolute atomic E-state index is 11.4. The Morgan fingerprint density at radius 2 is 1.84 bits per heavy atom. The van der Waals surface area contributed by atoms with Gasteiger partial charge in [0.2, 0.25) is 0 Å². The van der Waals surface area contributed by atoms with Gasteiger partial charge in [0.25, 0.3) is 0 Å². The third-order valence-electron chi connectivity index (χ3n) is 2.35. The molecule has 104 valence electrons. The number of carbonyl (C=O) groups excluding carboxylic acids is 1. The van der Waals surface area contributed by atoms with Gasteiger partial charge in [-0.3, -0.25) is 0 Å². The zero-order valence-corrected chi connectivity index (χ0v) is 11.7. The number of carboxylic acids is 1. The quantitative estimate of drug-likeness (QED) is 0.627. The van der Waals surface area contributed by atoms with Crippen LogP contribution in [0.25, 0.3) is 0 Å². The predicted molar refractivity (Wildman–Crippen MR) is 72.6 cm³/mol. The van der Waals surface area contributed by atoms with Crippen LogP contribution in [0.3, 0.4) is 0 Å². The maximum Gasteiger partial charge on any atom is 0.332 e. The summed E-state index contributed by atoms with van der Waals surface area (Å²) < 4.78 is 0.961. The SMILES string of the molecule is O=C(NCC[C@H](O)C(=O)O)NCc1ccc(Br)cc1. The van der Waals surface area contributed by atoms with Crippen molar-refractivity contribution in [3.8, 4) is 0 Å². The highest BCUT2D eigenvalue weighted by molar-refractivity contribution is 9.10. The highest BCUT2D eigenvalue weighted by Crippen LogP contribution is 2.10. The summed E-state index contributed by atoms with van der Waals surface area (Å²) in [5, 5.41) is 22.5. The largest absolute Gasteiger partial charge is 0.479 e. The molecular weight excluding hydrogens is 316 g/mol. The maximum atomic E-state index is 11.4. The van der Waals surface area contributed by atoms with Crippen molar-refractivity contribution in [1.82, 2.24) is 10.6 Å². The number of halogens is 1. The Morgan fingerprint density at radius 1 is 1.21 bits per heavy atom. The second-order valence-corrected chi connectivity index (χ2v) is 4.79. The second kappa shape index (κ2) is 7.75. The van der Waals surface area contributed by atoms with Crippen molar-refractivity contribution in [2.24, 2.45) is 0 Å². The van der Waals surface area contributed by atoms with Crippen LogP contribution in [-0.4, -0.2) is 34.9 Å². The number of nitrogens with one attached hydrogen (secondary N) is 2. The highest BCUT2D eigenvalue weighted by Gasteiger charge is 2.12. The average molecular weight is 331 g/mol. The van der Waals surface area contributed by atoms with Gasteiger partial charge in [-0.05, 0) is 17.7 Å². The molecule has 0 unspecified atom stereocenters. The number of hydrogen-bond donors (Lipinski definition) is 4. The van der Waals surface area contributed by atoms with Crippen molar-refractivity contribution in [2.45, 2.75) is 19.1 Å². The molecular formula is C12H15BrN2O4. The molecule has 0 aromatic heterocycles. The van der Waals surface area contributed by atoms with Gasteiger partial charge >= 0.3 is 12.0 Å². The van der Waals surface area contributed by atoms with E-state index in [1.807, 2.05) is 24.3 Å². The Morgan fingerprint density at radius 3 is 2.42 bits per heavy atom. The fraction of sp³-hybridized carbons (Fsp3) is 0.333. The van der Waals surface area contributed by atoms with Gasteiger partial charge in [0.05, 0.1) is 0 Å². The summed E-state index contributed by atoms with van der Waals surface area (Å²) in [7, 11) is 0. The van der Waals surface area contributed by atoms with E-state index in [1.165, 1.54) is 0 Å². The summed E-state index contributed by atoms with van der Waals surface area (Å²) in [4.78, 5) is 21.7. The summed E-state index contributed by atoms with van der Waals surface area (Å²) >= 11 is 3.31. The lowest BCUT2D eigenvalue weighted by Crippen LogP contribution is -2.37. The summed E-state index contributed by atoms with van der Waals surface area (Å²) in [6.45, 7) is 0.472. The lowest BCUT2D eigenvalue weighted by atomic mass is 10.2. The van der Waals surface area contributed by atoms with Crippen molar-refractivity contribution in [1.29, 1.82) is 0 Å². The normalized spacial score (nSPS) is 11.7. The molecule has 6 nitrogen and oxygen atoms in total. The Hall–Kier alpha value is -1.60. The third kappa shape index (κ3) is 6.21. The van der Waals surface area contributed by atoms with Crippen LogP contribution >= 0.6 is 15.9 Å². The first-order valence-electron chi connectivity index (χ1n) is 5.66. The zero-order valence-electron chi connectivity index (χ0n) is 10.1. The van der Waals surface area contributed by atoms with E-state index < -0.39 is 18.1 Å². The molecule has 0 heterocycles. The molecule has 2 amide bonds. The smallest absolute Gasteiger partial charge is 0.332 e. The van der Waals surface area contributed by atoms with E-state index in [4.69, 9.17) is 10.2 Å². The number of rotatable bonds is 6. The molecule has 0 aliphatic heterocycles. The number of aliphatic carboxylic acids is 1. The fourth-order valence-corrected chi connectivity index (χ4v) is 1.56. The molecule has 0 bridgehead atoms. The van der Waals surface area contributed by atoms with Gasteiger partial charge < -0.3 is 20.8 Å². The molecule has 0 aliphatic carbocycles. The van der Waals surface area contributed by atoms with E-state index in [9.17, 15) is 9.59 Å². The molecule has 0 saturated carbocycles. The monoisotopic (exact) mass is 330 g/mol. The molecule has 1 aromatic carbocycles. The van der Waals surface area contributed by atoms with E-state index in [0.717, 1.165) is 10.0 Å². The zero-order chi connectivity index (χ0) is 14.3. The molecule has 1 atom stereocenters. The number of aliphatic hydroxyl groups is 1. The van der Waals surface area contributed by atoms with Crippen LogP contribution in [0.1, 0.15) is 12.0 Å². The Kier molecular flexibility index (Phi) is 6.31. The molecule has 0 saturated heterocycles. The minimum atomic E-state index is -1.45. The molecule has 4 N–H and O–H groups in total. The first kappa shape index (κ1) is 15.5. The number of aliphatic hydroxyl groups excluding tert-OH is 1. The van der Waals surface area contributed by atoms with E-state index in [-0.39, 0.29) is 13.0 Å². The molecule has 7 heteroatoms. The van der Waals surface area contributed by atoms with Crippen LogP contribution in [0.5, 0.6) is 0 Å². The molecule has 1 rings (SSSR count). The van der Waals surface area contributed by atoms with Gasteiger partial charge in [-0.25, -0.2) is 9.59 Å². The summed E-state index contributed by atoms with van der Waals surface area (Å²) in [5.41, 5.74) is 0.948. The van der Waals surface area contributed by atoms with E-state index in [0.29, 0.717) is 6.54 Å². The number of amides is 2.